The van der Waals surface area contributed by atoms with Gasteiger partial charge in [0.15, 0.2) is 0 Å². The van der Waals surface area contributed by atoms with Crippen molar-refractivity contribution in [3.63, 3.8) is 0 Å². The van der Waals surface area contributed by atoms with Crippen LogP contribution in [0.2, 0.25) is 0 Å². The van der Waals surface area contributed by atoms with Gasteiger partial charge in [0.2, 0.25) is 5.91 Å². The van der Waals surface area contributed by atoms with Gasteiger partial charge in [-0.3, -0.25) is 4.79 Å². The van der Waals surface area contributed by atoms with Crippen LogP contribution in [0.4, 0.5) is 5.00 Å². The number of amides is 1. The fraction of sp³-hybridized carbons (Fsp3) is 0.222. The van der Waals surface area contributed by atoms with E-state index in [0.717, 1.165) is 41.1 Å². The lowest BCUT2D eigenvalue weighted by Gasteiger charge is -2.11. The van der Waals surface area contributed by atoms with E-state index in [1.165, 1.54) is 17.4 Å². The number of hydrogen-bond acceptors (Lipinski definition) is 4. The van der Waals surface area contributed by atoms with Crippen molar-refractivity contribution in [3.8, 4) is 6.07 Å². The van der Waals surface area contributed by atoms with E-state index in [0.29, 0.717) is 10.6 Å². The Morgan fingerprint density at radius 2 is 2.26 bits per heavy atom. The van der Waals surface area contributed by atoms with Crippen LogP contribution in [0.5, 0.6) is 0 Å². The van der Waals surface area contributed by atoms with Gasteiger partial charge in [0.1, 0.15) is 11.1 Å². The summed E-state index contributed by atoms with van der Waals surface area (Å²) >= 11 is 1.49. The summed E-state index contributed by atoms with van der Waals surface area (Å²) in [4.78, 5) is 13.3. The van der Waals surface area contributed by atoms with Gasteiger partial charge in [0.25, 0.3) is 0 Å². The Labute approximate surface area is 139 Å². The maximum atomic E-state index is 12.2. The lowest BCUT2D eigenvalue weighted by Crippen LogP contribution is -2.22. The third kappa shape index (κ3) is 3.34. The monoisotopic (exact) mass is 323 g/mol. The highest BCUT2D eigenvalue weighted by atomic mass is 32.1. The van der Waals surface area contributed by atoms with Gasteiger partial charge in [-0.15, -0.1) is 11.3 Å². The second-order valence-corrected chi connectivity index (χ2v) is 6.53. The number of aryl methyl sites for hydroxylation is 1. The van der Waals surface area contributed by atoms with Crippen molar-refractivity contribution < 1.29 is 4.79 Å². The summed E-state index contributed by atoms with van der Waals surface area (Å²) in [5.74, 6) is -0.212. The molecule has 1 amide bonds. The van der Waals surface area contributed by atoms with Crippen LogP contribution in [-0.4, -0.2) is 12.5 Å². The second-order valence-electron chi connectivity index (χ2n) is 5.43. The molecule has 2 heterocycles. The number of fused-ring (bicyclic) bond motifs is 1. The first-order chi connectivity index (χ1) is 11.2. The molecule has 0 radical (unpaired) electrons. The highest BCUT2D eigenvalue weighted by Gasteiger charge is 2.21. The van der Waals surface area contributed by atoms with E-state index in [4.69, 9.17) is 0 Å². The van der Waals surface area contributed by atoms with Crippen molar-refractivity contribution in [2.75, 3.05) is 11.9 Å². The molecule has 0 saturated heterocycles. The molecular formula is C18H17N3OS. The summed E-state index contributed by atoms with van der Waals surface area (Å²) in [5, 5.41) is 16.2. The van der Waals surface area contributed by atoms with Crippen LogP contribution in [-0.2, 0) is 17.8 Å². The van der Waals surface area contributed by atoms with Crippen molar-refractivity contribution in [1.82, 2.24) is 5.32 Å². The molecule has 5 heteroatoms. The summed E-state index contributed by atoms with van der Waals surface area (Å²) in [5.41, 5.74) is 3.82. The molecule has 23 heavy (non-hydrogen) atoms. The van der Waals surface area contributed by atoms with E-state index in [2.05, 4.69) is 16.7 Å². The minimum Gasteiger partial charge on any atom is -0.313 e. The maximum absolute atomic E-state index is 12.2. The molecule has 0 unspecified atom stereocenters. The van der Waals surface area contributed by atoms with Gasteiger partial charge in [-0.2, -0.15) is 5.26 Å². The zero-order valence-electron chi connectivity index (χ0n) is 12.8. The SMILES string of the molecule is Cc1ccccc1C=CC(=O)Nc1sc2c(c1C#N)CCNC2. The molecule has 1 aliphatic heterocycles. The normalized spacial score (nSPS) is 13.6. The van der Waals surface area contributed by atoms with Crippen molar-refractivity contribution in [2.24, 2.45) is 0 Å². The number of thiophene rings is 1. The van der Waals surface area contributed by atoms with E-state index in [1.807, 2.05) is 31.2 Å². The topological polar surface area (TPSA) is 64.9 Å². The number of rotatable bonds is 3. The first kappa shape index (κ1) is 15.5. The Hall–Kier alpha value is -2.42. The van der Waals surface area contributed by atoms with Crippen LogP contribution in [0.3, 0.4) is 0 Å². The molecule has 0 spiro atoms. The van der Waals surface area contributed by atoms with E-state index < -0.39 is 0 Å². The summed E-state index contributed by atoms with van der Waals surface area (Å²) in [6.07, 6.45) is 4.15. The maximum Gasteiger partial charge on any atom is 0.249 e. The van der Waals surface area contributed by atoms with E-state index in [-0.39, 0.29) is 5.91 Å². The van der Waals surface area contributed by atoms with Crippen LogP contribution in [0.25, 0.3) is 6.08 Å². The molecule has 2 aromatic rings. The lowest BCUT2D eigenvalue weighted by molar-refractivity contribution is -0.111. The Morgan fingerprint density at radius 3 is 3.04 bits per heavy atom. The Balaban J connectivity index is 1.77. The van der Waals surface area contributed by atoms with Crippen molar-refractivity contribution in [2.45, 2.75) is 19.9 Å². The minimum absolute atomic E-state index is 0.212. The van der Waals surface area contributed by atoms with Gasteiger partial charge in [0.05, 0.1) is 5.56 Å². The first-order valence-corrected chi connectivity index (χ1v) is 8.30. The highest BCUT2D eigenvalue weighted by Crippen LogP contribution is 2.34. The van der Waals surface area contributed by atoms with Gasteiger partial charge in [0, 0.05) is 17.5 Å². The fourth-order valence-electron chi connectivity index (χ4n) is 2.63. The Bertz CT molecular complexity index is 814. The highest BCUT2D eigenvalue weighted by molar-refractivity contribution is 7.16. The Morgan fingerprint density at radius 1 is 1.43 bits per heavy atom. The standard InChI is InChI=1S/C18H17N3OS/c1-12-4-2-3-5-13(12)6-7-17(22)21-18-15(10-19)14-8-9-20-11-16(14)23-18/h2-7,20H,8-9,11H2,1H3,(H,21,22). The number of carbonyl (C=O) groups is 1. The van der Waals surface area contributed by atoms with Crippen LogP contribution >= 0.6 is 11.3 Å². The van der Waals surface area contributed by atoms with E-state index >= 15 is 0 Å². The van der Waals surface area contributed by atoms with Gasteiger partial charge >= 0.3 is 0 Å². The smallest absolute Gasteiger partial charge is 0.249 e. The molecule has 0 saturated carbocycles. The number of carbonyl (C=O) groups excluding carboxylic acids is 1. The summed E-state index contributed by atoms with van der Waals surface area (Å²) in [7, 11) is 0. The van der Waals surface area contributed by atoms with Crippen molar-refractivity contribution in [1.29, 1.82) is 5.26 Å². The number of nitriles is 1. The molecule has 2 N–H and O–H groups in total. The van der Waals surface area contributed by atoms with Crippen molar-refractivity contribution in [3.05, 3.63) is 57.5 Å². The summed E-state index contributed by atoms with van der Waals surface area (Å²) in [6.45, 7) is 3.65. The average Bonchev–Trinajstić information content (AvgIpc) is 2.91. The molecule has 0 bridgehead atoms. The predicted molar refractivity (Wildman–Crippen MR) is 93.3 cm³/mol. The minimum atomic E-state index is -0.212. The van der Waals surface area contributed by atoms with Crippen LogP contribution in [0.1, 0.15) is 27.1 Å². The molecular weight excluding hydrogens is 306 g/mol. The van der Waals surface area contributed by atoms with E-state index in [1.54, 1.807) is 6.08 Å². The zero-order chi connectivity index (χ0) is 16.2. The van der Waals surface area contributed by atoms with Crippen LogP contribution in [0, 0.1) is 18.3 Å². The third-order valence-corrected chi connectivity index (χ3v) is 5.03. The fourth-order valence-corrected chi connectivity index (χ4v) is 3.80. The number of benzene rings is 1. The van der Waals surface area contributed by atoms with Crippen LogP contribution < -0.4 is 10.6 Å². The molecule has 1 aliphatic rings. The number of anilines is 1. The molecule has 1 aromatic heterocycles. The lowest BCUT2D eigenvalue weighted by atomic mass is 10.1. The number of hydrogen-bond donors (Lipinski definition) is 2. The summed E-state index contributed by atoms with van der Waals surface area (Å²) < 4.78 is 0. The molecule has 0 atom stereocenters. The molecule has 3 rings (SSSR count). The quantitative estimate of drug-likeness (QED) is 0.852. The third-order valence-electron chi connectivity index (χ3n) is 3.88. The molecule has 116 valence electrons. The number of nitrogens with one attached hydrogen (secondary N) is 2. The van der Waals surface area contributed by atoms with Gasteiger partial charge in [-0.25, -0.2) is 0 Å². The van der Waals surface area contributed by atoms with Crippen molar-refractivity contribution >= 4 is 28.3 Å². The zero-order valence-corrected chi connectivity index (χ0v) is 13.7. The Kier molecular flexibility index (Phi) is 4.56. The molecule has 0 aliphatic carbocycles. The summed E-state index contributed by atoms with van der Waals surface area (Å²) in [6, 6.07) is 10.1. The van der Waals surface area contributed by atoms with Gasteiger partial charge in [-0.05, 0) is 42.7 Å². The van der Waals surface area contributed by atoms with Gasteiger partial charge < -0.3 is 10.6 Å². The molecule has 4 nitrogen and oxygen atoms in total. The van der Waals surface area contributed by atoms with Crippen LogP contribution in [0.15, 0.2) is 30.3 Å². The number of nitrogens with zero attached hydrogens (tertiary/aromatic N) is 1. The average molecular weight is 323 g/mol. The predicted octanol–water partition coefficient (Wildman–Crippen LogP) is 3.23. The van der Waals surface area contributed by atoms with Gasteiger partial charge in [-0.1, -0.05) is 24.3 Å². The largest absolute Gasteiger partial charge is 0.313 e. The first-order valence-electron chi connectivity index (χ1n) is 7.49. The molecule has 1 aromatic carbocycles. The second kappa shape index (κ2) is 6.78. The molecule has 0 fully saturated rings. The van der Waals surface area contributed by atoms with E-state index in [9.17, 15) is 10.1 Å².